The average molecular weight is 460 g/mol. The Bertz CT molecular complexity index is 1500. The van der Waals surface area contributed by atoms with E-state index in [1.165, 1.54) is 4.90 Å². The number of nitriles is 1. The van der Waals surface area contributed by atoms with Crippen molar-refractivity contribution in [1.29, 1.82) is 5.26 Å². The fourth-order valence-electron chi connectivity index (χ4n) is 4.09. The van der Waals surface area contributed by atoms with Crippen LogP contribution in [0.5, 0.6) is 5.75 Å². The van der Waals surface area contributed by atoms with Gasteiger partial charge >= 0.3 is 6.03 Å². The second-order valence-corrected chi connectivity index (χ2v) is 8.12. The van der Waals surface area contributed by atoms with Gasteiger partial charge in [0.2, 0.25) is 0 Å². The Balaban J connectivity index is 1.50. The van der Waals surface area contributed by atoms with Gasteiger partial charge in [0, 0.05) is 11.1 Å². The van der Waals surface area contributed by atoms with Gasteiger partial charge in [-0.15, -0.1) is 0 Å². The van der Waals surface area contributed by atoms with Crippen LogP contribution in [0.1, 0.15) is 22.3 Å². The first-order valence-corrected chi connectivity index (χ1v) is 11.1. The second kappa shape index (κ2) is 9.54. The molecule has 4 aromatic rings. The van der Waals surface area contributed by atoms with E-state index in [2.05, 4.69) is 11.4 Å². The summed E-state index contributed by atoms with van der Waals surface area (Å²) in [6.45, 7) is 0.380. The van der Waals surface area contributed by atoms with E-state index < -0.39 is 11.9 Å². The molecule has 0 unspecified atom stereocenters. The molecule has 6 nitrogen and oxygen atoms in total. The summed E-state index contributed by atoms with van der Waals surface area (Å²) in [7, 11) is 0. The van der Waals surface area contributed by atoms with Crippen LogP contribution < -0.4 is 10.1 Å². The first kappa shape index (κ1) is 21.9. The molecule has 4 aromatic carbocycles. The third-order valence-electron chi connectivity index (χ3n) is 5.89. The van der Waals surface area contributed by atoms with Gasteiger partial charge in [0.25, 0.3) is 5.91 Å². The van der Waals surface area contributed by atoms with Gasteiger partial charge < -0.3 is 10.1 Å². The number of benzene rings is 4. The molecule has 0 atom stereocenters. The number of urea groups is 1. The van der Waals surface area contributed by atoms with Gasteiger partial charge in [-0.25, -0.2) is 4.79 Å². The minimum atomic E-state index is -0.462. The highest BCUT2D eigenvalue weighted by Gasteiger charge is 2.33. The number of carbonyl (C=O) groups excluding carboxylic acids is 2. The number of fused-ring (bicyclic) bond motifs is 1. The molecule has 0 aromatic heterocycles. The second-order valence-electron chi connectivity index (χ2n) is 8.12. The van der Waals surface area contributed by atoms with Crippen LogP contribution in [0, 0.1) is 11.3 Å². The van der Waals surface area contributed by atoms with Crippen molar-refractivity contribution in [3.05, 3.63) is 119 Å². The summed E-state index contributed by atoms with van der Waals surface area (Å²) in [6, 6.07) is 29.9. The number of nitrogens with zero attached hydrogens (tertiary/aromatic N) is 2. The first-order chi connectivity index (χ1) is 17.1. The zero-order valence-electron chi connectivity index (χ0n) is 18.8. The molecule has 6 heteroatoms. The number of hydrogen-bond acceptors (Lipinski definition) is 4. The van der Waals surface area contributed by atoms with Gasteiger partial charge in [0.15, 0.2) is 0 Å². The zero-order valence-corrected chi connectivity index (χ0v) is 18.8. The number of rotatable bonds is 6. The van der Waals surface area contributed by atoms with Crippen molar-refractivity contribution in [2.24, 2.45) is 0 Å². The smallest absolute Gasteiger partial charge is 0.329 e. The molecule has 5 rings (SSSR count). The number of ether oxygens (including phenoxy) is 1. The van der Waals surface area contributed by atoms with Crippen LogP contribution in [0.2, 0.25) is 0 Å². The Labute approximate surface area is 202 Å². The van der Waals surface area contributed by atoms with Crippen LogP contribution in [0.3, 0.4) is 0 Å². The van der Waals surface area contributed by atoms with E-state index in [1.54, 1.807) is 12.1 Å². The molecule has 1 aliphatic heterocycles. The molecule has 0 aliphatic carbocycles. The van der Waals surface area contributed by atoms with Gasteiger partial charge in [-0.1, -0.05) is 78.9 Å². The maximum atomic E-state index is 13.1. The van der Waals surface area contributed by atoms with Crippen molar-refractivity contribution in [3.63, 3.8) is 0 Å². The summed E-state index contributed by atoms with van der Waals surface area (Å²) >= 11 is 0. The largest absolute Gasteiger partial charge is 0.488 e. The molecule has 1 aliphatic rings. The van der Waals surface area contributed by atoms with E-state index in [0.717, 1.165) is 21.9 Å². The fraction of sp³-hybridized carbons (Fsp3) is 0.0690. The van der Waals surface area contributed by atoms with Crippen molar-refractivity contribution in [2.45, 2.75) is 13.2 Å². The molecule has 1 N–H and O–H groups in total. The molecule has 170 valence electrons. The molecule has 1 fully saturated rings. The lowest BCUT2D eigenvalue weighted by Crippen LogP contribution is -2.30. The number of amides is 3. The Hall–Kier alpha value is -4.89. The molecule has 1 heterocycles. The van der Waals surface area contributed by atoms with Crippen LogP contribution >= 0.6 is 0 Å². The number of carbonyl (C=O) groups is 2. The molecule has 35 heavy (non-hydrogen) atoms. The van der Waals surface area contributed by atoms with Gasteiger partial charge in [0.1, 0.15) is 18.1 Å². The standard InChI is InChI=1S/C29H21N3O3/c30-17-22-11-4-5-12-23(22)19-35-27-15-14-21-10-6-7-13-24(21)25(27)16-26-28(33)32(29(34)31-26)18-20-8-2-1-3-9-20/h1-16H,18-19H2,(H,31,34)/b26-16+. The summed E-state index contributed by atoms with van der Waals surface area (Å²) in [5.74, 6) is 0.153. The highest BCUT2D eigenvalue weighted by molar-refractivity contribution is 6.14. The summed E-state index contributed by atoms with van der Waals surface area (Å²) in [4.78, 5) is 26.9. The van der Waals surface area contributed by atoms with Gasteiger partial charge in [-0.05, 0) is 34.5 Å². The van der Waals surface area contributed by atoms with E-state index >= 15 is 0 Å². The lowest BCUT2D eigenvalue weighted by atomic mass is 10.0. The summed E-state index contributed by atoms with van der Waals surface area (Å²) in [5.41, 5.74) is 3.04. The van der Waals surface area contributed by atoms with Gasteiger partial charge in [0.05, 0.1) is 18.2 Å². The number of hydrogen-bond donors (Lipinski definition) is 1. The highest BCUT2D eigenvalue weighted by Crippen LogP contribution is 2.32. The monoisotopic (exact) mass is 459 g/mol. The lowest BCUT2D eigenvalue weighted by Gasteiger charge is -2.13. The van der Waals surface area contributed by atoms with Crippen LogP contribution in [-0.4, -0.2) is 16.8 Å². The van der Waals surface area contributed by atoms with Crippen molar-refractivity contribution in [3.8, 4) is 11.8 Å². The number of imide groups is 1. The maximum absolute atomic E-state index is 13.1. The molecule has 0 spiro atoms. The Kier molecular flexibility index (Phi) is 5.98. The summed E-state index contributed by atoms with van der Waals surface area (Å²) < 4.78 is 6.14. The topological polar surface area (TPSA) is 82.4 Å². The van der Waals surface area contributed by atoms with E-state index in [4.69, 9.17) is 4.74 Å². The Morgan fingerprint density at radius 2 is 1.63 bits per heavy atom. The van der Waals surface area contributed by atoms with Gasteiger partial charge in [-0.3, -0.25) is 9.69 Å². The predicted octanol–water partition coefficient (Wildman–Crippen LogP) is 5.38. The van der Waals surface area contributed by atoms with Crippen LogP contribution in [0.25, 0.3) is 16.8 Å². The van der Waals surface area contributed by atoms with Crippen molar-refractivity contribution < 1.29 is 14.3 Å². The molecular formula is C29H21N3O3. The quantitative estimate of drug-likeness (QED) is 0.310. The third kappa shape index (κ3) is 4.48. The third-order valence-corrected chi connectivity index (χ3v) is 5.89. The minimum Gasteiger partial charge on any atom is -0.488 e. The summed E-state index contributed by atoms with van der Waals surface area (Å²) in [6.07, 6.45) is 1.67. The molecule has 0 bridgehead atoms. The Morgan fingerprint density at radius 1 is 0.886 bits per heavy atom. The van der Waals surface area contributed by atoms with Crippen molar-refractivity contribution in [2.75, 3.05) is 0 Å². The molecular weight excluding hydrogens is 438 g/mol. The van der Waals surface area contributed by atoms with Crippen LogP contribution in [-0.2, 0) is 17.9 Å². The Morgan fingerprint density at radius 3 is 2.46 bits per heavy atom. The van der Waals surface area contributed by atoms with Crippen molar-refractivity contribution in [1.82, 2.24) is 10.2 Å². The van der Waals surface area contributed by atoms with E-state index in [1.807, 2.05) is 84.9 Å². The molecule has 0 saturated carbocycles. The van der Waals surface area contributed by atoms with E-state index in [0.29, 0.717) is 16.9 Å². The number of nitrogens with one attached hydrogen (secondary N) is 1. The highest BCUT2D eigenvalue weighted by atomic mass is 16.5. The molecule has 3 amide bonds. The van der Waals surface area contributed by atoms with E-state index in [-0.39, 0.29) is 18.8 Å². The SMILES string of the molecule is N#Cc1ccccc1COc1ccc2ccccc2c1/C=C1/NC(=O)N(Cc2ccccc2)C1=O. The maximum Gasteiger partial charge on any atom is 0.329 e. The average Bonchev–Trinajstić information content (AvgIpc) is 3.16. The minimum absolute atomic E-state index is 0.185. The van der Waals surface area contributed by atoms with Gasteiger partial charge in [-0.2, -0.15) is 5.26 Å². The predicted molar refractivity (Wildman–Crippen MR) is 133 cm³/mol. The molecule has 0 radical (unpaired) electrons. The first-order valence-electron chi connectivity index (χ1n) is 11.1. The lowest BCUT2D eigenvalue weighted by molar-refractivity contribution is -0.123. The van der Waals surface area contributed by atoms with Crippen LogP contribution in [0.15, 0.2) is 96.7 Å². The van der Waals surface area contributed by atoms with Crippen LogP contribution in [0.4, 0.5) is 4.79 Å². The normalized spacial score (nSPS) is 14.3. The fourth-order valence-corrected chi connectivity index (χ4v) is 4.09. The van der Waals surface area contributed by atoms with E-state index in [9.17, 15) is 14.9 Å². The summed E-state index contributed by atoms with van der Waals surface area (Å²) in [5, 5.41) is 14.0. The molecule has 1 saturated heterocycles. The van der Waals surface area contributed by atoms with Crippen molar-refractivity contribution >= 4 is 28.8 Å². The zero-order chi connectivity index (χ0) is 24.2.